The molecule has 3 fully saturated rings. The first-order valence-corrected chi connectivity index (χ1v) is 7.74. The average Bonchev–Trinajstić information content (AvgIpc) is 2.87. The van der Waals surface area contributed by atoms with Crippen molar-refractivity contribution < 1.29 is 14.3 Å². The maximum Gasteiger partial charge on any atom is 0.217 e. The molecule has 4 atom stereocenters. The molecule has 108 valence electrons. The molecule has 1 amide bonds. The highest BCUT2D eigenvalue weighted by atomic mass is 16.5. The molecule has 0 spiro atoms. The summed E-state index contributed by atoms with van der Waals surface area (Å²) in [7, 11) is 0. The number of hydrogen-bond donors (Lipinski definition) is 1. The molecule has 2 aliphatic heterocycles. The first-order chi connectivity index (χ1) is 9.24. The van der Waals surface area contributed by atoms with Crippen molar-refractivity contribution in [3.8, 4) is 0 Å². The number of carbonyl (C=O) groups excluding carboxylic acids is 1. The normalized spacial score (nSPS) is 39.8. The van der Waals surface area contributed by atoms with Crippen molar-refractivity contribution in [1.29, 1.82) is 0 Å². The Morgan fingerprint density at radius 3 is 2.63 bits per heavy atom. The summed E-state index contributed by atoms with van der Waals surface area (Å²) in [5.74, 6) is 1.26. The number of carbonyl (C=O) groups is 1. The van der Waals surface area contributed by atoms with Crippen LogP contribution >= 0.6 is 0 Å². The van der Waals surface area contributed by atoms with E-state index in [1.165, 1.54) is 19.3 Å². The minimum atomic E-state index is 0.100. The predicted octanol–water partition coefficient (Wildman–Crippen LogP) is 1.88. The molecule has 1 N–H and O–H groups in total. The van der Waals surface area contributed by atoms with Crippen LogP contribution in [0.2, 0.25) is 0 Å². The molecular weight excluding hydrogens is 242 g/mol. The standard InChI is InChI=1S/C15H25NO3/c1-10(17)16-13-9-15(11-5-7-18-8-6-11)19-14-4-2-3-12(13)14/h11-15H,2-9H2,1H3,(H,16,17)/t12-,13+,14+,15+/m0/s1. The molecule has 2 saturated heterocycles. The zero-order valence-electron chi connectivity index (χ0n) is 11.8. The number of fused-ring (bicyclic) bond motifs is 1. The molecule has 19 heavy (non-hydrogen) atoms. The molecule has 1 aliphatic carbocycles. The fourth-order valence-corrected chi connectivity index (χ4v) is 4.11. The summed E-state index contributed by atoms with van der Waals surface area (Å²) < 4.78 is 11.8. The van der Waals surface area contributed by atoms with Crippen LogP contribution in [0.15, 0.2) is 0 Å². The van der Waals surface area contributed by atoms with E-state index in [4.69, 9.17) is 9.47 Å². The van der Waals surface area contributed by atoms with E-state index in [1.54, 1.807) is 6.92 Å². The van der Waals surface area contributed by atoms with Crippen molar-refractivity contribution in [3.05, 3.63) is 0 Å². The zero-order valence-corrected chi connectivity index (χ0v) is 11.8. The first kappa shape index (κ1) is 13.4. The van der Waals surface area contributed by atoms with Gasteiger partial charge in [-0.3, -0.25) is 4.79 Å². The highest BCUT2D eigenvalue weighted by molar-refractivity contribution is 5.73. The fraction of sp³-hybridized carbons (Fsp3) is 0.933. The molecule has 0 unspecified atom stereocenters. The molecule has 3 aliphatic rings. The second-order valence-corrected chi connectivity index (χ2v) is 6.30. The van der Waals surface area contributed by atoms with Crippen LogP contribution in [0, 0.1) is 11.8 Å². The molecule has 0 radical (unpaired) electrons. The van der Waals surface area contributed by atoms with Gasteiger partial charge in [0.05, 0.1) is 12.2 Å². The van der Waals surface area contributed by atoms with Gasteiger partial charge in [-0.25, -0.2) is 0 Å². The van der Waals surface area contributed by atoms with Gasteiger partial charge < -0.3 is 14.8 Å². The first-order valence-electron chi connectivity index (χ1n) is 7.74. The fourth-order valence-electron chi connectivity index (χ4n) is 4.11. The van der Waals surface area contributed by atoms with Crippen LogP contribution in [-0.4, -0.2) is 37.4 Å². The Kier molecular flexibility index (Phi) is 4.08. The SMILES string of the molecule is CC(=O)N[C@@H]1C[C@H](C2CCOCC2)O[C@@H]2CCC[C@@H]12. The van der Waals surface area contributed by atoms with E-state index in [2.05, 4.69) is 5.32 Å². The summed E-state index contributed by atoms with van der Waals surface area (Å²) >= 11 is 0. The van der Waals surface area contributed by atoms with Crippen LogP contribution in [0.4, 0.5) is 0 Å². The molecule has 0 aromatic carbocycles. The van der Waals surface area contributed by atoms with Gasteiger partial charge in [-0.05, 0) is 38.0 Å². The van der Waals surface area contributed by atoms with Crippen LogP contribution in [0.3, 0.4) is 0 Å². The van der Waals surface area contributed by atoms with Gasteiger partial charge in [0.1, 0.15) is 0 Å². The van der Waals surface area contributed by atoms with Gasteiger partial charge in [-0.15, -0.1) is 0 Å². The molecular formula is C15H25NO3. The molecule has 1 saturated carbocycles. The molecule has 4 heteroatoms. The van der Waals surface area contributed by atoms with Gasteiger partial charge in [0.15, 0.2) is 0 Å². The second kappa shape index (κ2) is 5.80. The summed E-state index contributed by atoms with van der Waals surface area (Å²) in [6.45, 7) is 3.36. The van der Waals surface area contributed by atoms with E-state index >= 15 is 0 Å². The lowest BCUT2D eigenvalue weighted by Crippen LogP contribution is -2.52. The second-order valence-electron chi connectivity index (χ2n) is 6.30. The summed E-state index contributed by atoms with van der Waals surface area (Å²) in [5.41, 5.74) is 0. The van der Waals surface area contributed by atoms with Crippen molar-refractivity contribution in [3.63, 3.8) is 0 Å². The van der Waals surface area contributed by atoms with Crippen LogP contribution in [0.1, 0.15) is 45.4 Å². The number of ether oxygens (including phenoxy) is 2. The lowest BCUT2D eigenvalue weighted by molar-refractivity contribution is -0.133. The lowest BCUT2D eigenvalue weighted by Gasteiger charge is -2.43. The summed E-state index contributed by atoms with van der Waals surface area (Å²) in [4.78, 5) is 11.4. The van der Waals surface area contributed by atoms with Crippen LogP contribution < -0.4 is 5.32 Å². The molecule has 0 aromatic rings. The van der Waals surface area contributed by atoms with Crippen molar-refractivity contribution in [2.45, 2.75) is 63.7 Å². The van der Waals surface area contributed by atoms with Crippen molar-refractivity contribution in [2.24, 2.45) is 11.8 Å². The number of amides is 1. The molecule has 4 nitrogen and oxygen atoms in total. The molecule has 2 heterocycles. The zero-order chi connectivity index (χ0) is 13.2. The van der Waals surface area contributed by atoms with E-state index in [0.29, 0.717) is 30.1 Å². The van der Waals surface area contributed by atoms with Gasteiger partial charge >= 0.3 is 0 Å². The Morgan fingerprint density at radius 1 is 1.11 bits per heavy atom. The summed E-state index contributed by atoms with van der Waals surface area (Å²) in [6, 6.07) is 0.326. The topological polar surface area (TPSA) is 47.6 Å². The number of hydrogen-bond acceptors (Lipinski definition) is 3. The monoisotopic (exact) mass is 267 g/mol. The van der Waals surface area contributed by atoms with E-state index in [1.807, 2.05) is 0 Å². The summed E-state index contributed by atoms with van der Waals surface area (Å²) in [6.07, 6.45) is 7.51. The van der Waals surface area contributed by atoms with Crippen molar-refractivity contribution in [2.75, 3.05) is 13.2 Å². The Hall–Kier alpha value is -0.610. The van der Waals surface area contributed by atoms with E-state index in [-0.39, 0.29) is 5.91 Å². The predicted molar refractivity (Wildman–Crippen MR) is 71.8 cm³/mol. The number of nitrogens with one attached hydrogen (secondary N) is 1. The van der Waals surface area contributed by atoms with Gasteiger partial charge in [-0.2, -0.15) is 0 Å². The van der Waals surface area contributed by atoms with Gasteiger partial charge in [0, 0.05) is 32.1 Å². The Bertz CT molecular complexity index is 327. The average molecular weight is 267 g/mol. The van der Waals surface area contributed by atoms with Gasteiger partial charge in [0.2, 0.25) is 5.91 Å². The third-order valence-corrected chi connectivity index (χ3v) is 5.04. The largest absolute Gasteiger partial charge is 0.381 e. The maximum absolute atomic E-state index is 11.4. The van der Waals surface area contributed by atoms with Crippen LogP contribution in [0.25, 0.3) is 0 Å². The quantitative estimate of drug-likeness (QED) is 0.831. The summed E-state index contributed by atoms with van der Waals surface area (Å²) in [5, 5.41) is 3.17. The highest BCUT2D eigenvalue weighted by Crippen LogP contribution is 2.40. The van der Waals surface area contributed by atoms with Gasteiger partial charge in [0.25, 0.3) is 0 Å². The van der Waals surface area contributed by atoms with Crippen LogP contribution in [-0.2, 0) is 14.3 Å². The van der Waals surface area contributed by atoms with Gasteiger partial charge in [-0.1, -0.05) is 6.42 Å². The third-order valence-electron chi connectivity index (χ3n) is 5.04. The molecule has 0 aromatic heterocycles. The lowest BCUT2D eigenvalue weighted by atomic mass is 9.82. The molecule has 3 rings (SSSR count). The van der Waals surface area contributed by atoms with Crippen LogP contribution in [0.5, 0.6) is 0 Å². The highest BCUT2D eigenvalue weighted by Gasteiger charge is 2.43. The van der Waals surface area contributed by atoms with E-state index in [0.717, 1.165) is 32.5 Å². The molecule has 0 bridgehead atoms. The Morgan fingerprint density at radius 2 is 1.89 bits per heavy atom. The number of rotatable bonds is 2. The van der Waals surface area contributed by atoms with E-state index < -0.39 is 0 Å². The Labute approximate surface area is 115 Å². The van der Waals surface area contributed by atoms with Crippen molar-refractivity contribution >= 4 is 5.91 Å². The minimum absolute atomic E-state index is 0.100. The van der Waals surface area contributed by atoms with E-state index in [9.17, 15) is 4.79 Å². The van der Waals surface area contributed by atoms with Crippen molar-refractivity contribution in [1.82, 2.24) is 5.32 Å². The maximum atomic E-state index is 11.4. The third kappa shape index (κ3) is 2.95. The smallest absolute Gasteiger partial charge is 0.217 e. The Balaban J connectivity index is 1.67. The minimum Gasteiger partial charge on any atom is -0.381 e.